The zero-order valence-corrected chi connectivity index (χ0v) is 91.5. The predicted molar refractivity (Wildman–Crippen MR) is 556 cm³/mol. The summed E-state index contributed by atoms with van der Waals surface area (Å²) in [5, 5.41) is 2.06. The van der Waals surface area contributed by atoms with Crippen LogP contribution < -0.4 is 0 Å². The Kier molecular flexibility index (Phi) is 31.2. The van der Waals surface area contributed by atoms with Gasteiger partial charge in [0.2, 0.25) is 57.8 Å². The van der Waals surface area contributed by atoms with Crippen LogP contribution in [0.5, 0.6) is 0 Å². The van der Waals surface area contributed by atoms with Gasteiger partial charge in [0.25, 0.3) is 0 Å². The van der Waals surface area contributed by atoms with E-state index in [4.69, 9.17) is 70.1 Å². The van der Waals surface area contributed by atoms with Crippen molar-refractivity contribution in [2.45, 2.75) is 343 Å². The fourth-order valence-electron chi connectivity index (χ4n) is 27.8. The maximum atomic E-state index is 14.1. The van der Waals surface area contributed by atoms with Gasteiger partial charge in [0.1, 0.15) is 6.61 Å². The monoisotopic (exact) mass is 2160 g/mol. The Labute approximate surface area is 880 Å². The van der Waals surface area contributed by atoms with Crippen LogP contribution in [0.15, 0.2) is 117 Å². The molecule has 0 spiro atoms. The Morgan fingerprint density at radius 2 is 0.690 bits per heavy atom. The summed E-state index contributed by atoms with van der Waals surface area (Å²) >= 11 is 24.2. The number of benzene rings is 4. The number of carbonyl (C=O) groups is 4. The average Bonchev–Trinajstić information content (AvgIpc) is 1.57. The molecule has 24 rings (SSSR count). The van der Waals surface area contributed by atoms with Crippen LogP contribution in [0.4, 0.5) is 4.79 Å². The highest BCUT2D eigenvalue weighted by Gasteiger charge is 2.66. The Morgan fingerprint density at radius 1 is 0.366 bits per heavy atom. The third-order valence-corrected chi connectivity index (χ3v) is 46.8. The number of piperidine rings is 3. The molecule has 6 bridgehead atoms. The summed E-state index contributed by atoms with van der Waals surface area (Å²) in [4.78, 5) is 71.1. The van der Waals surface area contributed by atoms with Crippen LogP contribution >= 0.6 is 46.4 Å². The van der Waals surface area contributed by atoms with Crippen molar-refractivity contribution in [3.63, 3.8) is 0 Å². The van der Waals surface area contributed by atoms with Gasteiger partial charge in [-0.2, -0.15) is 17.2 Å². The van der Waals surface area contributed by atoms with Crippen LogP contribution in [0.1, 0.15) is 240 Å². The lowest BCUT2D eigenvalue weighted by Crippen LogP contribution is -2.60. The van der Waals surface area contributed by atoms with Crippen molar-refractivity contribution < 1.29 is 76.5 Å². The molecule has 20 aliphatic rings. The summed E-state index contributed by atoms with van der Waals surface area (Å²) in [5.74, 6) is 3.29. The molecule has 9 aliphatic carbocycles. The molecule has 11 heterocycles. The zero-order chi connectivity index (χ0) is 101. The van der Waals surface area contributed by atoms with Gasteiger partial charge < -0.3 is 48.2 Å². The number of sulfonamides is 4. The molecule has 14 atom stereocenters. The lowest BCUT2D eigenvalue weighted by Gasteiger charge is -2.47. The average molecular weight is 2160 g/mol. The zero-order valence-electron chi connectivity index (χ0n) is 85.2. The van der Waals surface area contributed by atoms with Crippen molar-refractivity contribution in [3.8, 4) is 0 Å². The quantitative estimate of drug-likeness (QED) is 0.0488. The Hall–Kier alpha value is -4.92. The molecule has 28 nitrogen and oxygen atoms in total. The van der Waals surface area contributed by atoms with Gasteiger partial charge in [-0.15, -0.1) is 0 Å². The number of carbonyl (C=O) groups excluding carboxylic acids is 4. The summed E-state index contributed by atoms with van der Waals surface area (Å²) in [6.45, 7) is 22.1. The van der Waals surface area contributed by atoms with Crippen LogP contribution in [0.3, 0.4) is 0 Å². The molecule has 4 amide bonds. The standard InChI is InChI=1S/C30H42ClN3O4S.C27H40ClN3O5S.C27H38ClN3O4S.C25H33ClN2O4S/c31-22-6-10-26(11-7-22)39(36,37)34-27(21-4-5-21)19-38-20-28(34)30(12-13-30)18-29(35)33-23-8-9-24(33)17-25(16-23)32-14-2-1-3-15-32;1-4-26(2,3)30-15-13-29(14-16-30)25(32)36-19-27(11-12-27)24-18-35-17-23(20-5-6-20)31(24)37(33,34)22-9-7-21(28)8-10-22;1-2-13-30-21-7-8-22(30)16-29(15-21)26(32)14-27(11-12-27)25-18-35-17-24(19-3-4-19)31(25)36(33,34)23-9-5-20(28)6-10-23;26-20-5-7-21(8-6-20)33(30,31)28-22(19-3-4-19)15-32-16-23(28)25(9-10-25)12-24(29)27-13-17-1-2-18(11-17)14-27/h6-7,10-11,21,23-25,27-28H,1-5,8-9,12-20H2;7-10,20,23-24H,4-6,11-19H2,1-3H3;5-6,9-10,19,21-22,24-25H,2-4,7-8,11-18H2,1H3;5-8,17-19,22-23H,1-4,9-16H2/t23?,24?,25?,27-,28+;23-,24+;21?,22?,24-,25+;17?,18?,22-,23+/m0000/s1. The summed E-state index contributed by atoms with van der Waals surface area (Å²) in [5.41, 5.74) is -1.25. The minimum Gasteiger partial charge on any atom is -0.449 e. The molecule has 11 aliphatic heterocycles. The van der Waals surface area contributed by atoms with E-state index in [1.165, 1.54) is 64.5 Å². The number of hydrogen-bond donors (Lipinski definition) is 0. The number of morpholine rings is 4. The molecule has 36 heteroatoms. The number of rotatable bonds is 29. The first-order valence-corrected chi connectivity index (χ1v) is 62.4. The fraction of sp³-hybridized carbons (Fsp3) is 0.743. The number of piperazine rings is 2. The smallest absolute Gasteiger partial charge is 0.409 e. The van der Waals surface area contributed by atoms with E-state index in [2.05, 4.69) is 57.1 Å². The predicted octanol–water partition coefficient (Wildman–Crippen LogP) is 16.6. The summed E-state index contributed by atoms with van der Waals surface area (Å²) in [6, 6.07) is 26.2. The van der Waals surface area contributed by atoms with Crippen LogP contribution in [0.25, 0.3) is 0 Å². The van der Waals surface area contributed by atoms with Crippen molar-refractivity contribution in [2.75, 3.05) is 131 Å². The highest BCUT2D eigenvalue weighted by molar-refractivity contribution is 7.90. The van der Waals surface area contributed by atoms with Crippen LogP contribution in [0, 0.1) is 57.2 Å². The number of nitrogens with zero attached hydrogens (tertiary/aromatic N) is 11. The second kappa shape index (κ2) is 42.7. The van der Waals surface area contributed by atoms with Crippen molar-refractivity contribution in [1.82, 2.24) is 51.5 Å². The largest absolute Gasteiger partial charge is 0.449 e. The first kappa shape index (κ1) is 106. The van der Waals surface area contributed by atoms with Crippen molar-refractivity contribution in [1.29, 1.82) is 0 Å². The van der Waals surface area contributed by atoms with E-state index in [9.17, 15) is 52.8 Å². The van der Waals surface area contributed by atoms with E-state index in [-0.39, 0.29) is 120 Å². The maximum Gasteiger partial charge on any atom is 0.409 e. The number of fused-ring (bicyclic) bond motifs is 6. The van der Waals surface area contributed by atoms with E-state index in [0.29, 0.717) is 171 Å². The van der Waals surface area contributed by atoms with Gasteiger partial charge in [-0.1, -0.05) is 66.7 Å². The normalized spacial score (nSPS) is 32.2. The van der Waals surface area contributed by atoms with Gasteiger partial charge in [0, 0.05) is 133 Å². The number of halogens is 4. The van der Waals surface area contributed by atoms with E-state index in [1.54, 1.807) is 119 Å². The lowest BCUT2D eigenvalue weighted by molar-refractivity contribution is -0.140. The molecule has 0 radical (unpaired) electrons. The van der Waals surface area contributed by atoms with Crippen LogP contribution in [-0.2, 0) is 78.2 Å². The SMILES string of the molecule is CCC(C)(C)N1CCN(C(=O)OCC2([C@H]3COC[C@@H](C4CC4)N3S(=O)(=O)c3ccc(Cl)cc3)CC2)CC1.CCCN1C2CCC1CN(C(=O)CC1([C@H]3COC[C@@H](C4CC4)N3S(=O)(=O)c3ccc(Cl)cc3)CC1)C2.O=C(CC1([C@H]2COC[C@@H](C3CC3)N2S(=O)(=O)c2ccc(Cl)cc2)CC1)N1C2CCC1CC(N1CCCCC1)C2.O=C(CC1([C@H]2COC[C@@H](C3CC3)N2S(=O)(=O)c2ccc(Cl)cc2)CC1)N1CC2CCC(C2)C1. The number of likely N-dealkylation sites (tertiary alicyclic amines) is 3. The maximum absolute atomic E-state index is 14.1. The van der Waals surface area contributed by atoms with Gasteiger partial charge in [-0.3, -0.25) is 24.2 Å². The molecule has 11 saturated heterocycles. The second-order valence-electron chi connectivity index (χ2n) is 47.8. The summed E-state index contributed by atoms with van der Waals surface area (Å²) in [6.07, 6.45) is 32.8. The van der Waals surface area contributed by atoms with E-state index in [0.717, 1.165) is 187 Å². The molecular formula is C109H153Cl4N11O17S4. The molecule has 145 heavy (non-hydrogen) atoms. The highest BCUT2D eigenvalue weighted by atomic mass is 35.5. The van der Waals surface area contributed by atoms with Crippen molar-refractivity contribution in [2.24, 2.45) is 57.2 Å². The third-order valence-electron chi connectivity index (χ3n) is 38.0. The fourth-order valence-corrected chi connectivity index (χ4v) is 36.0. The van der Waals surface area contributed by atoms with E-state index >= 15 is 0 Å². The molecule has 20 fully saturated rings. The first-order chi connectivity index (χ1) is 69.6. The molecule has 4 aromatic rings. The van der Waals surface area contributed by atoms with E-state index in [1.807, 2.05) is 0 Å². The van der Waals surface area contributed by atoms with Gasteiger partial charge in [0.05, 0.1) is 121 Å². The highest BCUT2D eigenvalue weighted by Crippen LogP contribution is 2.62. The van der Waals surface area contributed by atoms with E-state index < -0.39 is 45.5 Å². The summed E-state index contributed by atoms with van der Waals surface area (Å²) < 4.78 is 149. The molecule has 6 unspecified atom stereocenters. The third kappa shape index (κ3) is 22.5. The van der Waals surface area contributed by atoms with Gasteiger partial charge in [-0.05, 0) is 368 Å². The lowest BCUT2D eigenvalue weighted by atomic mass is 9.88. The first-order valence-electron chi connectivity index (χ1n) is 55.1. The molecule has 9 saturated carbocycles. The Balaban J connectivity index is 0.000000114. The molecule has 0 N–H and O–H groups in total. The minimum absolute atomic E-state index is 0.117. The number of ether oxygens (including phenoxy) is 5. The topological polar surface area (TPSA) is 287 Å². The molecule has 798 valence electrons. The van der Waals surface area contributed by atoms with Crippen molar-refractivity contribution in [3.05, 3.63) is 117 Å². The Morgan fingerprint density at radius 3 is 1.01 bits per heavy atom. The minimum atomic E-state index is -3.77. The Bertz CT molecular complexity index is 5720. The number of hydrogen-bond acceptors (Lipinski definition) is 20. The summed E-state index contributed by atoms with van der Waals surface area (Å²) in [7, 11) is -15.0. The van der Waals surface area contributed by atoms with Crippen molar-refractivity contribution >= 4 is 110 Å². The van der Waals surface area contributed by atoms with Gasteiger partial charge in [0.15, 0.2) is 0 Å². The molecule has 4 aromatic carbocycles. The van der Waals surface area contributed by atoms with Crippen LogP contribution in [0.2, 0.25) is 20.1 Å². The number of amides is 4. The molecular weight excluding hydrogens is 2010 g/mol. The molecule has 0 aromatic heterocycles. The van der Waals surface area contributed by atoms with Gasteiger partial charge >= 0.3 is 6.09 Å². The van der Waals surface area contributed by atoms with Gasteiger partial charge in [-0.25, -0.2) is 38.5 Å². The van der Waals surface area contributed by atoms with Crippen LogP contribution in [-0.4, -0.2) is 325 Å². The second-order valence-corrected chi connectivity index (χ2v) is 57.0.